The van der Waals surface area contributed by atoms with Crippen molar-refractivity contribution < 1.29 is 29.2 Å². The van der Waals surface area contributed by atoms with Crippen LogP contribution in [0.25, 0.3) is 6.08 Å². The number of carbonyl (C=O) groups excluding carboxylic acids is 1. The summed E-state index contributed by atoms with van der Waals surface area (Å²) < 4.78 is 15.5. The first kappa shape index (κ1) is 16.7. The molecular weight excluding hydrogens is 324 g/mol. The minimum atomic E-state index is -0.333. The molecule has 0 radical (unpaired) electrons. The van der Waals surface area contributed by atoms with Gasteiger partial charge >= 0.3 is 0 Å². The zero-order chi connectivity index (χ0) is 18.1. The Kier molecular flexibility index (Phi) is 4.27. The minimum absolute atomic E-state index is 0.109. The number of carbonyl (C=O) groups is 1. The predicted octanol–water partition coefficient (Wildman–Crippen LogP) is 2.95. The van der Waals surface area contributed by atoms with Crippen LogP contribution in [0.5, 0.6) is 28.7 Å². The molecule has 0 aliphatic heterocycles. The third-order valence-electron chi connectivity index (χ3n) is 4.16. The quantitative estimate of drug-likeness (QED) is 0.656. The molecule has 25 heavy (non-hydrogen) atoms. The first-order chi connectivity index (χ1) is 12.0. The average Bonchev–Trinajstić information content (AvgIpc) is 2.91. The van der Waals surface area contributed by atoms with Crippen LogP contribution in [0.4, 0.5) is 0 Å². The molecule has 2 aromatic rings. The van der Waals surface area contributed by atoms with Gasteiger partial charge in [-0.05, 0) is 41.5 Å². The third-order valence-corrected chi connectivity index (χ3v) is 4.16. The van der Waals surface area contributed by atoms with E-state index in [4.69, 9.17) is 14.2 Å². The Labute approximate surface area is 144 Å². The lowest BCUT2D eigenvalue weighted by atomic mass is 10.1. The van der Waals surface area contributed by atoms with Gasteiger partial charge in [-0.15, -0.1) is 0 Å². The fraction of sp³-hybridized carbons (Fsp3) is 0.211. The van der Waals surface area contributed by atoms with Gasteiger partial charge in [0, 0.05) is 17.6 Å². The van der Waals surface area contributed by atoms with E-state index in [0.717, 1.165) is 5.56 Å². The van der Waals surface area contributed by atoms with Gasteiger partial charge in [0.2, 0.25) is 5.75 Å². The number of Topliss-reactive ketones (excluding diaryl/α,β-unsaturated/α-hetero) is 1. The second kappa shape index (κ2) is 6.39. The Balaban J connectivity index is 2.02. The number of methoxy groups -OCH3 is 3. The summed E-state index contributed by atoms with van der Waals surface area (Å²) in [6.07, 6.45) is 2.11. The van der Waals surface area contributed by atoms with Gasteiger partial charge in [-0.25, -0.2) is 0 Å². The molecule has 3 rings (SSSR count). The number of rotatable bonds is 4. The smallest absolute Gasteiger partial charge is 0.200 e. The predicted molar refractivity (Wildman–Crippen MR) is 91.9 cm³/mol. The fourth-order valence-electron chi connectivity index (χ4n) is 2.91. The normalized spacial score (nSPS) is 14.5. The van der Waals surface area contributed by atoms with Crippen LogP contribution >= 0.6 is 0 Å². The summed E-state index contributed by atoms with van der Waals surface area (Å²) in [6.45, 7) is 0. The fourth-order valence-corrected chi connectivity index (χ4v) is 2.91. The Morgan fingerprint density at radius 1 is 0.920 bits per heavy atom. The van der Waals surface area contributed by atoms with Gasteiger partial charge in [0.1, 0.15) is 0 Å². The van der Waals surface area contributed by atoms with Gasteiger partial charge < -0.3 is 24.4 Å². The maximum Gasteiger partial charge on any atom is 0.200 e. The summed E-state index contributed by atoms with van der Waals surface area (Å²) in [5, 5.41) is 19.5. The van der Waals surface area contributed by atoms with Crippen molar-refractivity contribution >= 4 is 11.9 Å². The van der Waals surface area contributed by atoms with E-state index in [0.29, 0.717) is 34.6 Å². The summed E-state index contributed by atoms with van der Waals surface area (Å²) in [5.41, 5.74) is 2.54. The zero-order valence-corrected chi connectivity index (χ0v) is 14.1. The summed E-state index contributed by atoms with van der Waals surface area (Å²) in [5.74, 6) is 0.456. The molecule has 6 heteroatoms. The van der Waals surface area contributed by atoms with Crippen LogP contribution < -0.4 is 14.2 Å². The Morgan fingerprint density at radius 3 is 2.20 bits per heavy atom. The van der Waals surface area contributed by atoms with Crippen molar-refractivity contribution in [1.82, 2.24) is 0 Å². The van der Waals surface area contributed by atoms with Crippen LogP contribution in [0, 0.1) is 0 Å². The van der Waals surface area contributed by atoms with Crippen molar-refractivity contribution in [3.8, 4) is 28.7 Å². The molecule has 0 aromatic heterocycles. The number of allylic oxidation sites excluding steroid dienone is 1. The molecule has 0 saturated carbocycles. The summed E-state index contributed by atoms with van der Waals surface area (Å²) in [6, 6.07) is 6.40. The largest absolute Gasteiger partial charge is 0.504 e. The van der Waals surface area contributed by atoms with Gasteiger partial charge in [0.05, 0.1) is 21.3 Å². The Morgan fingerprint density at radius 2 is 1.56 bits per heavy atom. The van der Waals surface area contributed by atoms with E-state index in [-0.39, 0.29) is 23.0 Å². The number of ether oxygens (including phenoxy) is 3. The monoisotopic (exact) mass is 342 g/mol. The topological polar surface area (TPSA) is 85.2 Å². The van der Waals surface area contributed by atoms with Crippen LogP contribution in [-0.4, -0.2) is 37.3 Å². The number of phenols is 2. The molecule has 1 aliphatic rings. The number of benzene rings is 2. The van der Waals surface area contributed by atoms with Crippen molar-refractivity contribution in [3.05, 3.63) is 46.5 Å². The third kappa shape index (κ3) is 2.87. The lowest BCUT2D eigenvalue weighted by Gasteiger charge is -2.08. The molecule has 0 saturated heterocycles. The number of ketones is 1. The minimum Gasteiger partial charge on any atom is -0.504 e. The molecule has 0 unspecified atom stereocenters. The molecule has 0 fully saturated rings. The zero-order valence-electron chi connectivity index (χ0n) is 14.1. The van der Waals surface area contributed by atoms with E-state index < -0.39 is 0 Å². The van der Waals surface area contributed by atoms with E-state index in [1.54, 1.807) is 31.4 Å². The van der Waals surface area contributed by atoms with Crippen LogP contribution in [-0.2, 0) is 6.42 Å². The van der Waals surface area contributed by atoms with Crippen LogP contribution in [0.2, 0.25) is 0 Å². The van der Waals surface area contributed by atoms with Crippen molar-refractivity contribution in [2.24, 2.45) is 0 Å². The van der Waals surface area contributed by atoms with Gasteiger partial charge in [0.25, 0.3) is 0 Å². The number of fused-ring (bicyclic) bond motifs is 1. The Bertz CT molecular complexity index is 882. The van der Waals surface area contributed by atoms with Crippen molar-refractivity contribution in [2.45, 2.75) is 6.42 Å². The van der Waals surface area contributed by atoms with Crippen LogP contribution in [0.3, 0.4) is 0 Å². The lowest BCUT2D eigenvalue weighted by molar-refractivity contribution is 0.104. The van der Waals surface area contributed by atoms with Gasteiger partial charge in [-0.3, -0.25) is 4.79 Å². The number of phenolic OH excluding ortho intramolecular Hbond substituents is 2. The lowest BCUT2D eigenvalue weighted by Crippen LogP contribution is -1.97. The van der Waals surface area contributed by atoms with E-state index in [1.807, 2.05) is 0 Å². The Hall–Kier alpha value is -3.15. The van der Waals surface area contributed by atoms with Crippen molar-refractivity contribution in [1.29, 1.82) is 0 Å². The second-order valence-electron chi connectivity index (χ2n) is 5.63. The summed E-state index contributed by atoms with van der Waals surface area (Å²) in [4.78, 5) is 12.7. The molecule has 130 valence electrons. The van der Waals surface area contributed by atoms with Gasteiger partial charge in [0.15, 0.2) is 28.8 Å². The SMILES string of the molecule is COc1cc2c(cc1OC)C(=O)/C(=C\c1cc(O)c(O)c(OC)c1)C2. The van der Waals surface area contributed by atoms with E-state index >= 15 is 0 Å². The van der Waals surface area contributed by atoms with E-state index in [1.165, 1.54) is 20.3 Å². The molecule has 0 bridgehead atoms. The molecule has 0 atom stereocenters. The second-order valence-corrected chi connectivity index (χ2v) is 5.63. The molecule has 6 nitrogen and oxygen atoms in total. The van der Waals surface area contributed by atoms with Crippen molar-refractivity contribution in [2.75, 3.05) is 21.3 Å². The van der Waals surface area contributed by atoms with Gasteiger partial charge in [-0.1, -0.05) is 0 Å². The first-order valence-electron chi connectivity index (χ1n) is 7.58. The standard InChI is InChI=1S/C19H18O6/c1-23-15-8-11-7-12(18(21)13(11)9-16(15)24-2)4-10-5-14(20)19(22)17(6-10)25-3/h4-6,8-9,20,22H,7H2,1-3H3/b12-4-. The van der Waals surface area contributed by atoms with Crippen molar-refractivity contribution in [3.63, 3.8) is 0 Å². The molecule has 1 aliphatic carbocycles. The van der Waals surface area contributed by atoms with Crippen LogP contribution in [0.15, 0.2) is 29.8 Å². The number of aromatic hydroxyl groups is 2. The van der Waals surface area contributed by atoms with E-state index in [9.17, 15) is 15.0 Å². The summed E-state index contributed by atoms with van der Waals surface area (Å²) >= 11 is 0. The number of hydrogen-bond acceptors (Lipinski definition) is 6. The highest BCUT2D eigenvalue weighted by molar-refractivity contribution is 6.16. The highest BCUT2D eigenvalue weighted by atomic mass is 16.5. The highest BCUT2D eigenvalue weighted by Gasteiger charge is 2.27. The maximum absolute atomic E-state index is 12.7. The van der Waals surface area contributed by atoms with E-state index in [2.05, 4.69) is 0 Å². The molecule has 0 heterocycles. The number of hydrogen-bond donors (Lipinski definition) is 2. The maximum atomic E-state index is 12.7. The highest BCUT2D eigenvalue weighted by Crippen LogP contribution is 2.39. The van der Waals surface area contributed by atoms with Crippen LogP contribution in [0.1, 0.15) is 21.5 Å². The molecule has 2 N–H and O–H groups in total. The molecule has 0 amide bonds. The van der Waals surface area contributed by atoms with Gasteiger partial charge in [-0.2, -0.15) is 0 Å². The summed E-state index contributed by atoms with van der Waals surface area (Å²) in [7, 11) is 4.45. The average molecular weight is 342 g/mol. The molecule has 0 spiro atoms. The molecule has 2 aromatic carbocycles. The molecular formula is C19H18O6. The first-order valence-corrected chi connectivity index (χ1v) is 7.58.